The minimum Gasteiger partial charge on any atom is -0.313 e. The van der Waals surface area contributed by atoms with Gasteiger partial charge in [-0.3, -0.25) is 0 Å². The zero-order valence-corrected chi connectivity index (χ0v) is 14.5. The van der Waals surface area contributed by atoms with Crippen LogP contribution >= 0.6 is 35.0 Å². The second kappa shape index (κ2) is 8.09. The monoisotopic (exact) mass is 339 g/mol. The standard InChI is InChI=1S/C17H19Cl2NS/c1-3-21-15-7-4-12(5-8-15)17(20-2)11-13-10-14(18)6-9-16(13)19/h4-10,17,20H,3,11H2,1-2H3. The summed E-state index contributed by atoms with van der Waals surface area (Å²) in [7, 11) is 1.97. The van der Waals surface area contributed by atoms with Crippen molar-refractivity contribution in [1.82, 2.24) is 5.32 Å². The van der Waals surface area contributed by atoms with Gasteiger partial charge in [-0.05, 0) is 60.7 Å². The smallest absolute Gasteiger partial charge is 0.0439 e. The molecule has 2 aromatic carbocycles. The summed E-state index contributed by atoms with van der Waals surface area (Å²) in [4.78, 5) is 1.30. The summed E-state index contributed by atoms with van der Waals surface area (Å²) in [6.45, 7) is 2.16. The van der Waals surface area contributed by atoms with Gasteiger partial charge in [0.25, 0.3) is 0 Å². The highest BCUT2D eigenvalue weighted by atomic mass is 35.5. The molecule has 0 aliphatic carbocycles. The maximum Gasteiger partial charge on any atom is 0.0439 e. The Morgan fingerprint density at radius 2 is 1.81 bits per heavy atom. The van der Waals surface area contributed by atoms with E-state index < -0.39 is 0 Å². The van der Waals surface area contributed by atoms with E-state index in [1.165, 1.54) is 10.5 Å². The molecule has 1 nitrogen and oxygen atoms in total. The second-order valence-electron chi connectivity index (χ2n) is 4.78. The van der Waals surface area contributed by atoms with E-state index in [1.807, 2.05) is 37.0 Å². The van der Waals surface area contributed by atoms with Gasteiger partial charge in [0, 0.05) is 21.0 Å². The average Bonchev–Trinajstić information content (AvgIpc) is 2.49. The van der Waals surface area contributed by atoms with Gasteiger partial charge in [0.05, 0.1) is 0 Å². The van der Waals surface area contributed by atoms with Gasteiger partial charge in [-0.2, -0.15) is 0 Å². The predicted molar refractivity (Wildman–Crippen MR) is 94.8 cm³/mol. The zero-order valence-electron chi connectivity index (χ0n) is 12.2. The first-order valence-corrected chi connectivity index (χ1v) is 8.72. The van der Waals surface area contributed by atoms with Crippen LogP contribution in [0.25, 0.3) is 0 Å². The van der Waals surface area contributed by atoms with Gasteiger partial charge in [-0.1, -0.05) is 42.3 Å². The van der Waals surface area contributed by atoms with E-state index in [9.17, 15) is 0 Å². The molecule has 0 heterocycles. The number of hydrogen-bond donors (Lipinski definition) is 1. The third-order valence-electron chi connectivity index (χ3n) is 3.37. The van der Waals surface area contributed by atoms with Crippen LogP contribution in [-0.2, 0) is 6.42 Å². The van der Waals surface area contributed by atoms with Crippen molar-refractivity contribution in [3.8, 4) is 0 Å². The highest BCUT2D eigenvalue weighted by molar-refractivity contribution is 7.99. The number of thioether (sulfide) groups is 1. The first-order valence-electron chi connectivity index (χ1n) is 6.98. The molecule has 112 valence electrons. The minimum atomic E-state index is 0.224. The quantitative estimate of drug-likeness (QED) is 0.686. The van der Waals surface area contributed by atoms with Crippen LogP contribution in [-0.4, -0.2) is 12.8 Å². The number of benzene rings is 2. The van der Waals surface area contributed by atoms with Crippen molar-refractivity contribution in [1.29, 1.82) is 0 Å². The van der Waals surface area contributed by atoms with Crippen LogP contribution < -0.4 is 5.32 Å². The lowest BCUT2D eigenvalue weighted by molar-refractivity contribution is 0.592. The van der Waals surface area contributed by atoms with Gasteiger partial charge in [0.2, 0.25) is 0 Å². The van der Waals surface area contributed by atoms with Gasteiger partial charge in [-0.25, -0.2) is 0 Å². The molecule has 0 saturated heterocycles. The topological polar surface area (TPSA) is 12.0 Å². The van der Waals surface area contributed by atoms with Gasteiger partial charge in [-0.15, -0.1) is 11.8 Å². The lowest BCUT2D eigenvalue weighted by Crippen LogP contribution is -2.19. The summed E-state index contributed by atoms with van der Waals surface area (Å²) in [6.07, 6.45) is 0.816. The summed E-state index contributed by atoms with van der Waals surface area (Å²) in [6, 6.07) is 14.5. The Labute approximate surface area is 141 Å². The highest BCUT2D eigenvalue weighted by Crippen LogP contribution is 2.27. The Morgan fingerprint density at radius 1 is 1.10 bits per heavy atom. The fraction of sp³-hybridized carbons (Fsp3) is 0.294. The van der Waals surface area contributed by atoms with Crippen molar-refractivity contribution in [3.63, 3.8) is 0 Å². The number of rotatable bonds is 6. The number of halogens is 2. The summed E-state index contributed by atoms with van der Waals surface area (Å²) in [5.41, 5.74) is 2.32. The third-order valence-corrected chi connectivity index (χ3v) is 4.87. The van der Waals surface area contributed by atoms with Crippen LogP contribution in [0.15, 0.2) is 47.4 Å². The Bertz CT molecular complexity index is 584. The molecule has 0 aromatic heterocycles. The molecular formula is C17H19Cl2NS. The molecule has 2 rings (SSSR count). The first kappa shape index (κ1) is 16.7. The molecule has 1 unspecified atom stereocenters. The van der Waals surface area contributed by atoms with Crippen LogP contribution in [0.4, 0.5) is 0 Å². The zero-order chi connectivity index (χ0) is 15.2. The van der Waals surface area contributed by atoms with Crippen molar-refractivity contribution in [3.05, 3.63) is 63.6 Å². The molecule has 0 amide bonds. The van der Waals surface area contributed by atoms with Crippen molar-refractivity contribution >= 4 is 35.0 Å². The predicted octanol–water partition coefficient (Wildman–Crippen LogP) is 5.61. The maximum atomic E-state index is 6.26. The Hall–Kier alpha value is -0.670. The van der Waals surface area contributed by atoms with Crippen LogP contribution in [0.1, 0.15) is 24.1 Å². The van der Waals surface area contributed by atoms with E-state index in [2.05, 4.69) is 36.5 Å². The number of hydrogen-bond acceptors (Lipinski definition) is 2. The van der Waals surface area contributed by atoms with Crippen LogP contribution in [0.2, 0.25) is 10.0 Å². The van der Waals surface area contributed by atoms with Crippen LogP contribution in [0, 0.1) is 0 Å². The molecule has 0 aliphatic rings. The molecule has 0 aliphatic heterocycles. The molecular weight excluding hydrogens is 321 g/mol. The van der Waals surface area contributed by atoms with E-state index in [0.717, 1.165) is 27.8 Å². The molecule has 0 bridgehead atoms. The maximum absolute atomic E-state index is 6.26. The van der Waals surface area contributed by atoms with Crippen LogP contribution in [0.5, 0.6) is 0 Å². The minimum absolute atomic E-state index is 0.224. The highest BCUT2D eigenvalue weighted by Gasteiger charge is 2.12. The van der Waals surface area contributed by atoms with Crippen molar-refractivity contribution in [2.24, 2.45) is 0 Å². The summed E-state index contributed by atoms with van der Waals surface area (Å²) in [5, 5.41) is 4.84. The van der Waals surface area contributed by atoms with E-state index in [-0.39, 0.29) is 6.04 Å². The molecule has 2 aromatic rings. The van der Waals surface area contributed by atoms with E-state index in [4.69, 9.17) is 23.2 Å². The molecule has 4 heteroatoms. The third kappa shape index (κ3) is 4.65. The van der Waals surface area contributed by atoms with Gasteiger partial charge in [0.15, 0.2) is 0 Å². The summed E-state index contributed by atoms with van der Waals surface area (Å²) in [5.74, 6) is 1.09. The van der Waals surface area contributed by atoms with E-state index >= 15 is 0 Å². The fourth-order valence-electron chi connectivity index (χ4n) is 2.27. The number of nitrogens with one attached hydrogen (secondary N) is 1. The SMILES string of the molecule is CCSc1ccc(C(Cc2cc(Cl)ccc2Cl)NC)cc1. The Kier molecular flexibility index (Phi) is 6.43. The average molecular weight is 340 g/mol. The van der Waals surface area contributed by atoms with Crippen LogP contribution in [0.3, 0.4) is 0 Å². The van der Waals surface area contributed by atoms with Crippen molar-refractivity contribution in [2.45, 2.75) is 24.3 Å². The molecule has 21 heavy (non-hydrogen) atoms. The molecule has 1 N–H and O–H groups in total. The van der Waals surface area contributed by atoms with Crippen molar-refractivity contribution in [2.75, 3.05) is 12.8 Å². The van der Waals surface area contributed by atoms with Gasteiger partial charge < -0.3 is 5.32 Å². The Balaban J connectivity index is 2.17. The normalized spacial score (nSPS) is 12.4. The largest absolute Gasteiger partial charge is 0.313 e. The lowest BCUT2D eigenvalue weighted by Gasteiger charge is -2.18. The molecule has 0 spiro atoms. The van der Waals surface area contributed by atoms with Gasteiger partial charge >= 0.3 is 0 Å². The van der Waals surface area contributed by atoms with E-state index in [1.54, 1.807) is 0 Å². The van der Waals surface area contributed by atoms with Crippen molar-refractivity contribution < 1.29 is 0 Å². The molecule has 0 radical (unpaired) electrons. The van der Waals surface area contributed by atoms with Gasteiger partial charge in [0.1, 0.15) is 0 Å². The second-order valence-corrected chi connectivity index (χ2v) is 6.96. The number of likely N-dealkylation sites (N-methyl/N-ethyl adjacent to an activating group) is 1. The fourth-order valence-corrected chi connectivity index (χ4v) is 3.32. The summed E-state index contributed by atoms with van der Waals surface area (Å²) < 4.78 is 0. The first-order chi connectivity index (χ1) is 10.1. The molecule has 0 saturated carbocycles. The Morgan fingerprint density at radius 3 is 2.43 bits per heavy atom. The molecule has 0 fully saturated rings. The van der Waals surface area contributed by atoms with E-state index in [0.29, 0.717) is 0 Å². The lowest BCUT2D eigenvalue weighted by atomic mass is 9.99. The summed E-state index contributed by atoms with van der Waals surface area (Å²) >= 11 is 14.2. The molecule has 1 atom stereocenters.